The number of unbranched alkanes of at least 4 members (excludes halogenated alkanes) is 53. The van der Waals surface area contributed by atoms with E-state index in [-0.39, 0.29) is 18.5 Å². The lowest BCUT2D eigenvalue weighted by atomic mass is 9.99. The molecule has 504 valence electrons. The van der Waals surface area contributed by atoms with Gasteiger partial charge >= 0.3 is 5.97 Å². The van der Waals surface area contributed by atoms with Crippen LogP contribution in [-0.4, -0.2) is 100 Å². The number of esters is 1. The second kappa shape index (κ2) is 63.9. The average molecular weight is 1210 g/mol. The molecule has 0 spiro atoms. The Labute approximate surface area is 525 Å². The molecule has 0 bridgehead atoms. The lowest BCUT2D eigenvalue weighted by Crippen LogP contribution is -2.60. The molecule has 1 aliphatic rings. The molecule has 0 aromatic heterocycles. The number of carbonyl (C=O) groups excluding carboxylic acids is 2. The number of rotatable bonds is 67. The molecule has 0 radical (unpaired) electrons. The smallest absolute Gasteiger partial charge is 0.305 e. The first kappa shape index (κ1) is 81.4. The number of ether oxygens (including phenoxy) is 3. The van der Waals surface area contributed by atoms with Crippen LogP contribution in [0, 0.1) is 0 Å². The maximum absolute atomic E-state index is 13.0. The predicted octanol–water partition coefficient (Wildman–Crippen LogP) is 19.4. The van der Waals surface area contributed by atoms with Gasteiger partial charge in [-0.2, -0.15) is 0 Å². The number of allylic oxidation sites excluding steroid dienone is 1. The first-order valence-electron chi connectivity index (χ1n) is 37.5. The van der Waals surface area contributed by atoms with Crippen LogP contribution in [0.2, 0.25) is 0 Å². The van der Waals surface area contributed by atoms with Crippen LogP contribution in [-0.2, 0) is 23.8 Å². The van der Waals surface area contributed by atoms with E-state index >= 15 is 0 Å². The first-order valence-corrected chi connectivity index (χ1v) is 37.5. The van der Waals surface area contributed by atoms with E-state index in [4.69, 9.17) is 14.2 Å². The van der Waals surface area contributed by atoms with Gasteiger partial charge in [0, 0.05) is 12.8 Å². The third-order valence-corrected chi connectivity index (χ3v) is 18.2. The Morgan fingerprint density at radius 3 is 1.09 bits per heavy atom. The van der Waals surface area contributed by atoms with Crippen LogP contribution in [0.4, 0.5) is 0 Å². The van der Waals surface area contributed by atoms with E-state index in [1.165, 1.54) is 308 Å². The van der Waals surface area contributed by atoms with Crippen molar-refractivity contribution >= 4 is 11.9 Å². The second-order valence-corrected chi connectivity index (χ2v) is 26.4. The molecule has 0 saturated carbocycles. The van der Waals surface area contributed by atoms with Crippen molar-refractivity contribution in [3.05, 3.63) is 12.2 Å². The van der Waals surface area contributed by atoms with Gasteiger partial charge in [-0.05, 0) is 32.1 Å². The minimum absolute atomic E-state index is 0.0176. The molecule has 11 nitrogen and oxygen atoms in total. The zero-order chi connectivity index (χ0) is 61.6. The highest BCUT2D eigenvalue weighted by Gasteiger charge is 2.44. The van der Waals surface area contributed by atoms with Crippen LogP contribution in [0.1, 0.15) is 386 Å². The number of aliphatic hydroxyl groups is 5. The maximum Gasteiger partial charge on any atom is 0.305 e. The lowest BCUT2D eigenvalue weighted by Gasteiger charge is -2.40. The normalized spacial score (nSPS) is 17.9. The fourth-order valence-electron chi connectivity index (χ4n) is 12.3. The molecular weight excluding hydrogens is 1060 g/mol. The monoisotopic (exact) mass is 1210 g/mol. The van der Waals surface area contributed by atoms with Gasteiger partial charge in [0.1, 0.15) is 24.4 Å². The predicted molar refractivity (Wildman–Crippen MR) is 357 cm³/mol. The van der Waals surface area contributed by atoms with Gasteiger partial charge in [0.15, 0.2) is 6.29 Å². The Bertz CT molecular complexity index is 1420. The molecule has 1 aliphatic heterocycles. The van der Waals surface area contributed by atoms with E-state index < -0.39 is 49.5 Å². The average Bonchev–Trinajstić information content (AvgIpc) is 3.39. The summed E-state index contributed by atoms with van der Waals surface area (Å²) in [5.74, 6) is -0.158. The highest BCUT2D eigenvalue weighted by Crippen LogP contribution is 2.24. The van der Waals surface area contributed by atoms with Crippen LogP contribution in [0.25, 0.3) is 0 Å². The number of nitrogens with one attached hydrogen (secondary N) is 1. The largest absolute Gasteiger partial charge is 0.466 e. The Morgan fingerprint density at radius 2 is 0.741 bits per heavy atom. The highest BCUT2D eigenvalue weighted by atomic mass is 16.7. The summed E-state index contributed by atoms with van der Waals surface area (Å²) in [6.07, 6.45) is 69.5. The topological polar surface area (TPSA) is 175 Å². The Kier molecular flexibility index (Phi) is 61.2. The molecule has 85 heavy (non-hydrogen) atoms. The third kappa shape index (κ3) is 52.8. The Morgan fingerprint density at radius 1 is 0.424 bits per heavy atom. The summed E-state index contributed by atoms with van der Waals surface area (Å²) in [4.78, 5) is 25.1. The molecule has 6 N–H and O–H groups in total. The zero-order valence-corrected chi connectivity index (χ0v) is 56.1. The van der Waals surface area contributed by atoms with Crippen molar-refractivity contribution in [2.75, 3.05) is 19.8 Å². The van der Waals surface area contributed by atoms with Crippen LogP contribution in [0.15, 0.2) is 12.2 Å². The maximum atomic E-state index is 13.0. The Hall–Kier alpha value is -1.60. The molecule has 1 saturated heterocycles. The van der Waals surface area contributed by atoms with Crippen LogP contribution in [0.3, 0.4) is 0 Å². The summed E-state index contributed by atoms with van der Waals surface area (Å²) in [6, 6.07) is -0.804. The summed E-state index contributed by atoms with van der Waals surface area (Å²) < 4.78 is 16.7. The van der Waals surface area contributed by atoms with Crippen molar-refractivity contribution < 1.29 is 49.3 Å². The number of amides is 1. The molecule has 0 aromatic rings. The lowest BCUT2D eigenvalue weighted by molar-refractivity contribution is -0.302. The summed E-state index contributed by atoms with van der Waals surface area (Å²) in [5.41, 5.74) is 0. The van der Waals surface area contributed by atoms with E-state index in [2.05, 4.69) is 19.2 Å². The van der Waals surface area contributed by atoms with Crippen molar-refractivity contribution in [3.63, 3.8) is 0 Å². The van der Waals surface area contributed by atoms with E-state index in [9.17, 15) is 35.1 Å². The van der Waals surface area contributed by atoms with Crippen molar-refractivity contribution in [2.45, 2.75) is 429 Å². The van der Waals surface area contributed by atoms with Gasteiger partial charge < -0.3 is 45.1 Å². The number of hydrogen-bond donors (Lipinski definition) is 6. The van der Waals surface area contributed by atoms with E-state index in [1.54, 1.807) is 6.08 Å². The van der Waals surface area contributed by atoms with Gasteiger partial charge in [-0.15, -0.1) is 0 Å². The van der Waals surface area contributed by atoms with Crippen LogP contribution in [0.5, 0.6) is 0 Å². The van der Waals surface area contributed by atoms with Crippen LogP contribution < -0.4 is 5.32 Å². The summed E-state index contributed by atoms with van der Waals surface area (Å²) in [6.45, 7) is 4.38. The van der Waals surface area contributed by atoms with Crippen molar-refractivity contribution in [3.8, 4) is 0 Å². The molecule has 11 heteroatoms. The van der Waals surface area contributed by atoms with Gasteiger partial charge in [-0.3, -0.25) is 9.59 Å². The third-order valence-electron chi connectivity index (χ3n) is 18.2. The number of carbonyl (C=O) groups is 2. The molecule has 7 unspecified atom stereocenters. The van der Waals surface area contributed by atoms with Gasteiger partial charge in [-0.1, -0.05) is 353 Å². The minimum atomic E-state index is -1.57. The zero-order valence-electron chi connectivity index (χ0n) is 56.1. The highest BCUT2D eigenvalue weighted by molar-refractivity contribution is 5.76. The van der Waals surface area contributed by atoms with E-state index in [1.807, 2.05) is 6.08 Å². The summed E-state index contributed by atoms with van der Waals surface area (Å²) >= 11 is 0. The molecule has 0 aliphatic carbocycles. The molecule has 1 rings (SSSR count). The van der Waals surface area contributed by atoms with Gasteiger partial charge in [0.2, 0.25) is 5.91 Å². The van der Waals surface area contributed by atoms with Gasteiger partial charge in [0.25, 0.3) is 0 Å². The van der Waals surface area contributed by atoms with Gasteiger partial charge in [0.05, 0.1) is 32.0 Å². The summed E-state index contributed by atoms with van der Waals surface area (Å²) in [7, 11) is 0. The van der Waals surface area contributed by atoms with Crippen molar-refractivity contribution in [1.82, 2.24) is 5.32 Å². The SMILES string of the molecule is CCCCCCCCCC/C=C/C(O)C(COC1OC(CO)C(O)C(O)C1O)NC(=O)CCCCCCCCCCCCCCCCCCCCCCCCCCCCCCCCCCCOC(=O)CCCCCCCCCCCCCCCC. The molecule has 1 amide bonds. The quantitative estimate of drug-likeness (QED) is 0.0195. The van der Waals surface area contributed by atoms with Crippen molar-refractivity contribution in [1.29, 1.82) is 0 Å². The molecule has 7 atom stereocenters. The minimum Gasteiger partial charge on any atom is -0.466 e. The summed E-state index contributed by atoms with van der Waals surface area (Å²) in [5, 5.41) is 54.4. The van der Waals surface area contributed by atoms with Crippen LogP contribution >= 0.6 is 0 Å². The Balaban J connectivity index is 1.88. The second-order valence-electron chi connectivity index (χ2n) is 26.4. The number of hydrogen-bond acceptors (Lipinski definition) is 10. The number of aliphatic hydroxyl groups excluding tert-OH is 5. The first-order chi connectivity index (χ1) is 41.7. The van der Waals surface area contributed by atoms with Crippen molar-refractivity contribution in [2.24, 2.45) is 0 Å². The molecule has 0 aromatic carbocycles. The standard InChI is InChI=1S/C74H143NO10/c1-3-5-7-9-11-13-15-16-39-42-46-50-54-58-62-70(79)83-63-59-55-51-47-43-40-37-35-33-31-29-27-25-23-21-19-17-18-20-22-24-26-28-30-32-34-36-38-41-45-49-53-57-61-69(78)75-66(65-84-74-73(82)72(81)71(80)68(64-76)85-74)67(77)60-56-52-48-44-14-12-10-8-6-4-2/h56,60,66-68,71-74,76-77,80-82H,3-55,57-59,61-65H2,1-2H3,(H,75,78)/b60-56+. The van der Waals surface area contributed by atoms with Gasteiger partial charge in [-0.25, -0.2) is 0 Å². The van der Waals surface area contributed by atoms with E-state index in [0.29, 0.717) is 19.4 Å². The fraction of sp³-hybridized carbons (Fsp3) is 0.946. The van der Waals surface area contributed by atoms with E-state index in [0.717, 1.165) is 51.4 Å². The molecular formula is C74H143NO10. The molecule has 1 fully saturated rings. The molecule has 1 heterocycles. The fourth-order valence-corrected chi connectivity index (χ4v) is 12.3.